The molecule has 1 N–H and O–H groups in total. The standard InChI is InChI=1S/C14H14N2O4S2/c1-2-20-13(17)14(21-6-7-22-14)9-8-15-10-4-3-5-11(12(9)10)16(18)19/h3-5,8,15H,2,6-7H2,1H3. The van der Waals surface area contributed by atoms with Crippen LogP contribution in [0.15, 0.2) is 24.4 Å². The van der Waals surface area contributed by atoms with E-state index >= 15 is 0 Å². The third-order valence-corrected chi connectivity index (χ3v) is 6.84. The molecule has 1 saturated heterocycles. The number of carbonyl (C=O) groups excluding carboxylic acids is 1. The summed E-state index contributed by atoms with van der Waals surface area (Å²) >= 11 is 2.95. The number of nitrogens with one attached hydrogen (secondary N) is 1. The molecule has 1 fully saturated rings. The van der Waals surface area contributed by atoms with Crippen molar-refractivity contribution in [3.05, 3.63) is 40.1 Å². The van der Waals surface area contributed by atoms with Gasteiger partial charge in [-0.3, -0.25) is 10.1 Å². The van der Waals surface area contributed by atoms with Crippen molar-refractivity contribution in [2.24, 2.45) is 0 Å². The Hall–Kier alpha value is -1.67. The Morgan fingerprint density at radius 2 is 2.18 bits per heavy atom. The van der Waals surface area contributed by atoms with E-state index in [0.717, 1.165) is 11.5 Å². The second-order valence-corrected chi connectivity index (χ2v) is 7.57. The molecule has 116 valence electrons. The Labute approximate surface area is 135 Å². The number of aromatic nitrogens is 1. The molecule has 1 aromatic heterocycles. The fraction of sp³-hybridized carbons (Fsp3) is 0.357. The lowest BCUT2D eigenvalue weighted by atomic mass is 10.1. The van der Waals surface area contributed by atoms with Crippen LogP contribution in [0.3, 0.4) is 0 Å². The lowest BCUT2D eigenvalue weighted by Gasteiger charge is -2.24. The number of nitrogens with zero attached hydrogens (tertiary/aromatic N) is 1. The number of nitro groups is 1. The van der Waals surface area contributed by atoms with Gasteiger partial charge in [-0.2, -0.15) is 0 Å². The number of hydrogen-bond acceptors (Lipinski definition) is 6. The topological polar surface area (TPSA) is 85.2 Å². The number of ether oxygens (including phenoxy) is 1. The number of non-ortho nitro benzene ring substituents is 1. The minimum absolute atomic E-state index is 0.00511. The molecule has 8 heteroatoms. The molecule has 0 spiro atoms. The molecular formula is C14H14N2O4S2. The number of rotatable bonds is 4. The van der Waals surface area contributed by atoms with Crippen molar-refractivity contribution in [3.63, 3.8) is 0 Å². The van der Waals surface area contributed by atoms with E-state index in [0.29, 0.717) is 16.5 Å². The van der Waals surface area contributed by atoms with Crippen molar-refractivity contribution >= 4 is 46.1 Å². The van der Waals surface area contributed by atoms with Gasteiger partial charge in [0.2, 0.25) is 0 Å². The smallest absolute Gasteiger partial charge is 0.337 e. The molecule has 0 atom stereocenters. The van der Waals surface area contributed by atoms with Gasteiger partial charge in [0.05, 0.1) is 22.4 Å². The maximum absolute atomic E-state index is 12.5. The van der Waals surface area contributed by atoms with E-state index in [-0.39, 0.29) is 18.3 Å². The summed E-state index contributed by atoms with van der Waals surface area (Å²) in [6.07, 6.45) is 1.69. The largest absolute Gasteiger partial charge is 0.464 e. The van der Waals surface area contributed by atoms with Gasteiger partial charge < -0.3 is 9.72 Å². The Balaban J connectivity index is 2.23. The van der Waals surface area contributed by atoms with Gasteiger partial charge in [0, 0.05) is 29.3 Å². The van der Waals surface area contributed by atoms with Gasteiger partial charge in [-0.05, 0) is 13.0 Å². The zero-order valence-electron chi connectivity index (χ0n) is 11.8. The average molecular weight is 338 g/mol. The number of hydrogen-bond donors (Lipinski definition) is 1. The molecule has 1 aliphatic heterocycles. The number of nitro benzene ring substituents is 1. The van der Waals surface area contributed by atoms with Crippen LogP contribution in [0.4, 0.5) is 5.69 Å². The highest BCUT2D eigenvalue weighted by molar-refractivity contribution is 8.21. The number of benzene rings is 1. The lowest BCUT2D eigenvalue weighted by Crippen LogP contribution is -2.29. The van der Waals surface area contributed by atoms with Crippen LogP contribution >= 0.6 is 23.5 Å². The first-order chi connectivity index (χ1) is 10.6. The molecule has 3 rings (SSSR count). The molecule has 0 aliphatic carbocycles. The maximum atomic E-state index is 12.5. The molecule has 0 unspecified atom stereocenters. The highest BCUT2D eigenvalue weighted by atomic mass is 32.2. The molecule has 22 heavy (non-hydrogen) atoms. The predicted octanol–water partition coefficient (Wildman–Crippen LogP) is 3.27. The van der Waals surface area contributed by atoms with Crippen molar-refractivity contribution in [2.75, 3.05) is 18.1 Å². The van der Waals surface area contributed by atoms with Gasteiger partial charge in [0.25, 0.3) is 5.69 Å². The third-order valence-electron chi connectivity index (χ3n) is 3.47. The first-order valence-corrected chi connectivity index (χ1v) is 8.77. The van der Waals surface area contributed by atoms with Crippen molar-refractivity contribution in [1.82, 2.24) is 4.98 Å². The number of H-pyrrole nitrogens is 1. The average Bonchev–Trinajstić information content (AvgIpc) is 3.14. The second-order valence-electron chi connectivity index (χ2n) is 4.69. The van der Waals surface area contributed by atoms with Crippen LogP contribution in [0.25, 0.3) is 10.9 Å². The monoisotopic (exact) mass is 338 g/mol. The van der Waals surface area contributed by atoms with Crippen molar-refractivity contribution in [3.8, 4) is 0 Å². The molecule has 0 amide bonds. The summed E-state index contributed by atoms with van der Waals surface area (Å²) < 4.78 is 4.31. The summed E-state index contributed by atoms with van der Waals surface area (Å²) in [7, 11) is 0. The van der Waals surface area contributed by atoms with Crippen molar-refractivity contribution in [1.29, 1.82) is 0 Å². The molecular weight excluding hydrogens is 324 g/mol. The van der Waals surface area contributed by atoms with E-state index in [2.05, 4.69) is 4.98 Å². The Kier molecular flexibility index (Phi) is 4.05. The number of carbonyl (C=O) groups is 1. The number of fused-ring (bicyclic) bond motifs is 1. The molecule has 0 radical (unpaired) electrons. The molecule has 1 aromatic carbocycles. The SMILES string of the molecule is CCOC(=O)C1(c2c[nH]c3cccc([N+](=O)[O-])c23)SCCS1. The fourth-order valence-electron chi connectivity index (χ4n) is 2.60. The first kappa shape index (κ1) is 15.2. The normalized spacial score (nSPS) is 16.8. The highest BCUT2D eigenvalue weighted by Crippen LogP contribution is 2.55. The van der Waals surface area contributed by atoms with Gasteiger partial charge in [0.1, 0.15) is 0 Å². The number of thioether (sulfide) groups is 2. The Morgan fingerprint density at radius 1 is 1.45 bits per heavy atom. The molecule has 2 aromatic rings. The van der Waals surface area contributed by atoms with E-state index in [1.54, 1.807) is 25.3 Å². The van der Waals surface area contributed by atoms with E-state index in [9.17, 15) is 14.9 Å². The number of esters is 1. The van der Waals surface area contributed by atoms with Gasteiger partial charge in [-0.15, -0.1) is 23.5 Å². The Morgan fingerprint density at radius 3 is 2.82 bits per heavy atom. The summed E-state index contributed by atoms with van der Waals surface area (Å²) in [5, 5.41) is 11.8. The van der Waals surface area contributed by atoms with E-state index < -0.39 is 9.00 Å². The summed E-state index contributed by atoms with van der Waals surface area (Å²) in [4.78, 5) is 26.5. The van der Waals surface area contributed by atoms with E-state index in [4.69, 9.17) is 4.74 Å². The van der Waals surface area contributed by atoms with Crippen LogP contribution in [0, 0.1) is 10.1 Å². The fourth-order valence-corrected chi connectivity index (χ4v) is 5.66. The van der Waals surface area contributed by atoms with E-state index in [1.165, 1.54) is 29.6 Å². The summed E-state index contributed by atoms with van der Waals surface area (Å²) in [6, 6.07) is 4.87. The van der Waals surface area contributed by atoms with Gasteiger partial charge >= 0.3 is 5.97 Å². The first-order valence-electron chi connectivity index (χ1n) is 6.80. The van der Waals surface area contributed by atoms with Crippen LogP contribution in [-0.4, -0.2) is 34.0 Å². The van der Waals surface area contributed by atoms with E-state index in [1.807, 2.05) is 0 Å². The molecule has 6 nitrogen and oxygen atoms in total. The third kappa shape index (κ3) is 2.26. The summed E-state index contributed by atoms with van der Waals surface area (Å²) in [5.41, 5.74) is 1.28. The van der Waals surface area contributed by atoms with Crippen LogP contribution < -0.4 is 0 Å². The van der Waals surface area contributed by atoms with Gasteiger partial charge in [0.15, 0.2) is 4.08 Å². The van der Waals surface area contributed by atoms with Crippen LogP contribution in [0.1, 0.15) is 12.5 Å². The molecule has 1 aliphatic rings. The highest BCUT2D eigenvalue weighted by Gasteiger charge is 2.48. The minimum Gasteiger partial charge on any atom is -0.464 e. The minimum atomic E-state index is -0.930. The zero-order valence-corrected chi connectivity index (χ0v) is 13.5. The van der Waals surface area contributed by atoms with Gasteiger partial charge in [-0.1, -0.05) is 6.07 Å². The second kappa shape index (κ2) is 5.85. The lowest BCUT2D eigenvalue weighted by molar-refractivity contribution is -0.383. The summed E-state index contributed by atoms with van der Waals surface area (Å²) in [5.74, 6) is 1.26. The number of aromatic amines is 1. The van der Waals surface area contributed by atoms with Crippen LogP contribution in [-0.2, 0) is 13.6 Å². The van der Waals surface area contributed by atoms with Crippen molar-refractivity contribution < 1.29 is 14.5 Å². The molecule has 2 heterocycles. The van der Waals surface area contributed by atoms with Crippen molar-refractivity contribution in [2.45, 2.75) is 11.0 Å². The predicted molar refractivity (Wildman–Crippen MR) is 88.2 cm³/mol. The maximum Gasteiger partial charge on any atom is 0.337 e. The van der Waals surface area contributed by atoms with Gasteiger partial charge in [-0.25, -0.2) is 4.79 Å². The van der Waals surface area contributed by atoms with Crippen LogP contribution in [0.2, 0.25) is 0 Å². The van der Waals surface area contributed by atoms with Crippen LogP contribution in [0.5, 0.6) is 0 Å². The zero-order chi connectivity index (χ0) is 15.7. The molecule has 0 saturated carbocycles. The quantitative estimate of drug-likeness (QED) is 0.523. The summed E-state index contributed by atoms with van der Waals surface area (Å²) in [6.45, 7) is 2.04. The molecule has 0 bridgehead atoms. The Bertz CT molecular complexity index is 738.